The van der Waals surface area contributed by atoms with Crippen LogP contribution in [0.1, 0.15) is 23.6 Å². The van der Waals surface area contributed by atoms with Crippen LogP contribution in [0.5, 0.6) is 0 Å². The maximum atomic E-state index is 13.5. The topological polar surface area (TPSA) is 49.3 Å². The van der Waals surface area contributed by atoms with Crippen LogP contribution in [0.2, 0.25) is 5.15 Å². The minimum absolute atomic E-state index is 0.205. The molecule has 0 radical (unpaired) electrons. The summed E-state index contributed by atoms with van der Waals surface area (Å²) in [6.07, 6.45) is 4.61. The first kappa shape index (κ1) is 20.5. The largest absolute Gasteiger partial charge is 0.357 e. The molecule has 0 fully saturated rings. The van der Waals surface area contributed by atoms with Gasteiger partial charge in [-0.05, 0) is 54.5 Å². The quantitative estimate of drug-likeness (QED) is 0.403. The van der Waals surface area contributed by atoms with Gasteiger partial charge in [0, 0.05) is 25.0 Å². The number of thioether (sulfide) groups is 1. The highest BCUT2D eigenvalue weighted by molar-refractivity contribution is 7.97. The number of aliphatic imine (C=N–C) groups is 1. The summed E-state index contributed by atoms with van der Waals surface area (Å²) in [5.41, 5.74) is 3.14. The average Bonchev–Trinajstić information content (AvgIpc) is 2.63. The van der Waals surface area contributed by atoms with Crippen LogP contribution < -0.4 is 10.6 Å². The number of nitrogens with one attached hydrogen (secondary N) is 2. The Kier molecular flexibility index (Phi) is 8.71. The number of pyridine rings is 1. The number of rotatable bonds is 8. The van der Waals surface area contributed by atoms with Crippen molar-refractivity contribution in [2.24, 2.45) is 4.99 Å². The maximum Gasteiger partial charge on any atom is 0.191 e. The van der Waals surface area contributed by atoms with Gasteiger partial charge < -0.3 is 10.6 Å². The van der Waals surface area contributed by atoms with Gasteiger partial charge in [-0.3, -0.25) is 0 Å². The summed E-state index contributed by atoms with van der Waals surface area (Å²) in [5, 5.41) is 7.05. The average molecular weight is 395 g/mol. The zero-order chi connectivity index (χ0) is 18.8. The summed E-state index contributed by atoms with van der Waals surface area (Å²) in [7, 11) is 0. The second kappa shape index (κ2) is 11.0. The van der Waals surface area contributed by atoms with E-state index in [4.69, 9.17) is 11.6 Å². The minimum atomic E-state index is -0.205. The molecule has 0 saturated carbocycles. The van der Waals surface area contributed by atoms with Crippen molar-refractivity contribution in [3.8, 4) is 0 Å². The lowest BCUT2D eigenvalue weighted by Crippen LogP contribution is -2.38. The van der Waals surface area contributed by atoms with Gasteiger partial charge in [0.1, 0.15) is 11.0 Å². The molecule has 2 rings (SSSR count). The molecule has 26 heavy (non-hydrogen) atoms. The number of hydrogen-bond acceptors (Lipinski definition) is 3. The maximum absolute atomic E-state index is 13.5. The Bertz CT molecular complexity index is 722. The van der Waals surface area contributed by atoms with Gasteiger partial charge in [0.05, 0.1) is 6.54 Å². The van der Waals surface area contributed by atoms with Crippen LogP contribution in [-0.2, 0) is 18.7 Å². The van der Waals surface area contributed by atoms with Crippen molar-refractivity contribution >= 4 is 29.3 Å². The lowest BCUT2D eigenvalue weighted by Gasteiger charge is -2.12. The third kappa shape index (κ3) is 6.84. The molecule has 0 aliphatic carbocycles. The smallest absolute Gasteiger partial charge is 0.191 e. The number of hydrogen-bond donors (Lipinski definition) is 2. The second-order valence-electron chi connectivity index (χ2n) is 5.71. The van der Waals surface area contributed by atoms with Crippen LogP contribution in [-0.4, -0.2) is 30.3 Å². The lowest BCUT2D eigenvalue weighted by atomic mass is 10.1. The Hall–Kier alpha value is -1.79. The van der Waals surface area contributed by atoms with E-state index >= 15 is 0 Å². The van der Waals surface area contributed by atoms with E-state index in [2.05, 4.69) is 20.6 Å². The molecule has 1 heterocycles. The van der Waals surface area contributed by atoms with Gasteiger partial charge >= 0.3 is 0 Å². The highest BCUT2D eigenvalue weighted by Crippen LogP contribution is 2.17. The van der Waals surface area contributed by atoms with Crippen molar-refractivity contribution in [2.75, 3.05) is 19.3 Å². The third-order valence-corrected chi connectivity index (χ3v) is 4.54. The van der Waals surface area contributed by atoms with Gasteiger partial charge in [0.2, 0.25) is 0 Å². The molecular weight excluding hydrogens is 371 g/mol. The predicted octanol–water partition coefficient (Wildman–Crippen LogP) is 4.03. The van der Waals surface area contributed by atoms with Crippen LogP contribution in [0.15, 0.2) is 41.5 Å². The monoisotopic (exact) mass is 394 g/mol. The Labute approximate surface area is 163 Å². The summed E-state index contributed by atoms with van der Waals surface area (Å²) in [6, 6.07) is 8.65. The van der Waals surface area contributed by atoms with Gasteiger partial charge in [0.25, 0.3) is 0 Å². The normalized spacial score (nSPS) is 11.5. The van der Waals surface area contributed by atoms with Crippen molar-refractivity contribution < 1.29 is 4.39 Å². The lowest BCUT2D eigenvalue weighted by molar-refractivity contribution is 0.625. The van der Waals surface area contributed by atoms with E-state index < -0.39 is 0 Å². The minimum Gasteiger partial charge on any atom is -0.357 e. The van der Waals surface area contributed by atoms with Crippen molar-refractivity contribution in [3.63, 3.8) is 0 Å². The first-order valence-electron chi connectivity index (χ1n) is 8.51. The molecule has 0 unspecified atom stereocenters. The molecule has 0 aliphatic heterocycles. The summed E-state index contributed by atoms with van der Waals surface area (Å²) >= 11 is 7.47. The predicted molar refractivity (Wildman–Crippen MR) is 109 cm³/mol. The van der Waals surface area contributed by atoms with E-state index in [0.29, 0.717) is 11.7 Å². The summed E-state index contributed by atoms with van der Waals surface area (Å²) in [5.74, 6) is 1.31. The van der Waals surface area contributed by atoms with E-state index in [1.807, 2.05) is 25.3 Å². The van der Waals surface area contributed by atoms with Crippen molar-refractivity contribution in [2.45, 2.75) is 25.6 Å². The van der Waals surface area contributed by atoms with Crippen LogP contribution in [0, 0.1) is 5.82 Å². The molecule has 4 nitrogen and oxygen atoms in total. The number of nitrogens with zero attached hydrogens (tertiary/aromatic N) is 2. The molecule has 1 aromatic carbocycles. The van der Waals surface area contributed by atoms with Crippen LogP contribution in [0.4, 0.5) is 4.39 Å². The number of aromatic nitrogens is 1. The Balaban J connectivity index is 1.96. The molecule has 0 aliphatic rings. The van der Waals surface area contributed by atoms with Gasteiger partial charge in [-0.1, -0.05) is 23.7 Å². The van der Waals surface area contributed by atoms with Gasteiger partial charge in [-0.15, -0.1) is 0 Å². The fourth-order valence-corrected chi connectivity index (χ4v) is 3.12. The molecule has 0 spiro atoms. The molecule has 0 amide bonds. The van der Waals surface area contributed by atoms with Crippen LogP contribution in [0.3, 0.4) is 0 Å². The van der Waals surface area contributed by atoms with E-state index in [9.17, 15) is 4.39 Å². The highest BCUT2D eigenvalue weighted by atomic mass is 35.5. The van der Waals surface area contributed by atoms with Gasteiger partial charge in [-0.2, -0.15) is 11.8 Å². The number of benzene rings is 1. The molecule has 140 valence electrons. The van der Waals surface area contributed by atoms with Crippen LogP contribution >= 0.6 is 23.4 Å². The molecule has 1 aromatic heterocycles. The molecule has 0 bridgehead atoms. The summed E-state index contributed by atoms with van der Waals surface area (Å²) < 4.78 is 13.5. The molecule has 0 saturated heterocycles. The number of halogens is 2. The van der Waals surface area contributed by atoms with Crippen LogP contribution in [0.25, 0.3) is 0 Å². The Morgan fingerprint density at radius 2 is 2.08 bits per heavy atom. The van der Waals surface area contributed by atoms with Gasteiger partial charge in [-0.25, -0.2) is 14.4 Å². The first-order chi connectivity index (χ1) is 12.6. The Morgan fingerprint density at radius 3 is 2.77 bits per heavy atom. The SMILES string of the molecule is CCNC(=NCc1ccc(F)cc1CSC)NCCc1ccc(Cl)nc1. The molecule has 2 aromatic rings. The fraction of sp³-hybridized carbons (Fsp3) is 0.368. The van der Waals surface area contributed by atoms with Crippen molar-refractivity contribution in [1.82, 2.24) is 15.6 Å². The van der Waals surface area contributed by atoms with E-state index in [-0.39, 0.29) is 5.82 Å². The first-order valence-corrected chi connectivity index (χ1v) is 10.3. The standard InChI is InChI=1S/C19H24ClFN4S/c1-3-22-19(23-9-8-14-4-7-18(20)24-11-14)25-12-15-5-6-17(21)10-16(15)13-26-2/h4-7,10-11H,3,8-9,12-13H2,1-2H3,(H2,22,23,25). The van der Waals surface area contributed by atoms with E-state index in [1.54, 1.807) is 30.1 Å². The van der Waals surface area contributed by atoms with Crippen molar-refractivity contribution in [1.29, 1.82) is 0 Å². The number of guanidine groups is 1. The zero-order valence-corrected chi connectivity index (χ0v) is 16.6. The molecule has 7 heteroatoms. The summed E-state index contributed by atoms with van der Waals surface area (Å²) in [4.78, 5) is 8.71. The third-order valence-electron chi connectivity index (χ3n) is 3.71. The molecule has 2 N–H and O–H groups in total. The Morgan fingerprint density at radius 1 is 1.23 bits per heavy atom. The van der Waals surface area contributed by atoms with Crippen molar-refractivity contribution in [3.05, 3.63) is 64.2 Å². The fourth-order valence-electron chi connectivity index (χ4n) is 2.42. The zero-order valence-electron chi connectivity index (χ0n) is 15.1. The van der Waals surface area contributed by atoms with E-state index in [1.165, 1.54) is 6.07 Å². The van der Waals surface area contributed by atoms with E-state index in [0.717, 1.165) is 47.9 Å². The molecule has 0 atom stereocenters. The molecular formula is C19H24ClFN4S. The highest BCUT2D eigenvalue weighted by Gasteiger charge is 2.05. The second-order valence-corrected chi connectivity index (χ2v) is 6.96. The van der Waals surface area contributed by atoms with Gasteiger partial charge in [0.15, 0.2) is 5.96 Å². The summed E-state index contributed by atoms with van der Waals surface area (Å²) in [6.45, 7) is 4.04.